The summed E-state index contributed by atoms with van der Waals surface area (Å²) in [7, 11) is 0. The Labute approximate surface area is 75.1 Å². The highest BCUT2D eigenvalue weighted by molar-refractivity contribution is 5.92. The molecule has 0 saturated heterocycles. The molecule has 13 heavy (non-hydrogen) atoms. The first-order valence-electron chi connectivity index (χ1n) is 3.69. The molecule has 0 bridgehead atoms. The van der Waals surface area contributed by atoms with Crippen molar-refractivity contribution >= 4 is 12.1 Å². The molecule has 0 unspecified atom stereocenters. The summed E-state index contributed by atoms with van der Waals surface area (Å²) in [6.45, 7) is -0.405. The fraction of sp³-hybridized carbons (Fsp3) is 0.667. The average Bonchev–Trinajstić information content (AvgIpc) is 2.02. The van der Waals surface area contributed by atoms with Gasteiger partial charge in [0.25, 0.3) is 0 Å². The van der Waals surface area contributed by atoms with Crippen LogP contribution >= 0.6 is 0 Å². The van der Waals surface area contributed by atoms with Gasteiger partial charge in [-0.15, -0.1) is 0 Å². The zero-order valence-corrected chi connectivity index (χ0v) is 7.06. The number of hydrogen-bond acceptors (Lipinski definition) is 4. The van der Waals surface area contributed by atoms with E-state index >= 15 is 0 Å². The van der Waals surface area contributed by atoms with E-state index in [1.165, 1.54) is 0 Å². The zero-order valence-electron chi connectivity index (χ0n) is 7.06. The minimum Gasteiger partial charge on any atom is -0.395 e. The van der Waals surface area contributed by atoms with Crippen molar-refractivity contribution in [3.8, 4) is 0 Å². The van der Waals surface area contributed by atoms with Gasteiger partial charge in [-0.05, 0) is 0 Å². The number of carbonyl (C=O) groups is 2. The topological polar surface area (TPSA) is 116 Å². The second kappa shape index (κ2) is 6.21. The van der Waals surface area contributed by atoms with Crippen LogP contribution in [0, 0.1) is 0 Å². The first kappa shape index (κ1) is 11.7. The van der Waals surface area contributed by atoms with E-state index in [0.717, 1.165) is 4.90 Å². The van der Waals surface area contributed by atoms with Crippen molar-refractivity contribution in [3.63, 3.8) is 0 Å². The first-order chi connectivity index (χ1) is 6.11. The molecule has 4 amide bonds. The fourth-order valence-electron chi connectivity index (χ4n) is 0.741. The molecule has 5 N–H and O–H groups in total. The number of hydrogen-bond donors (Lipinski definition) is 4. The summed E-state index contributed by atoms with van der Waals surface area (Å²) in [5, 5.41) is 18.9. The van der Waals surface area contributed by atoms with E-state index in [1.807, 2.05) is 5.32 Å². The van der Waals surface area contributed by atoms with Gasteiger partial charge in [0.15, 0.2) is 0 Å². The van der Waals surface area contributed by atoms with Gasteiger partial charge in [-0.2, -0.15) is 0 Å². The third-order valence-electron chi connectivity index (χ3n) is 1.26. The molecule has 0 aromatic heterocycles. The minimum atomic E-state index is -0.967. The second-order valence-corrected chi connectivity index (χ2v) is 2.23. The normalized spacial score (nSPS) is 9.38. The van der Waals surface area contributed by atoms with Crippen LogP contribution in [0.25, 0.3) is 0 Å². The van der Waals surface area contributed by atoms with Crippen LogP contribution in [0.1, 0.15) is 0 Å². The Bertz CT molecular complexity index is 179. The Morgan fingerprint density at radius 2 is 1.69 bits per heavy atom. The quantitative estimate of drug-likeness (QED) is 0.413. The van der Waals surface area contributed by atoms with Gasteiger partial charge in [-0.3, -0.25) is 5.32 Å². The lowest BCUT2D eigenvalue weighted by atomic mass is 10.5. The number of imide groups is 1. The van der Waals surface area contributed by atoms with Gasteiger partial charge in [-0.25, -0.2) is 9.59 Å². The molecule has 0 heterocycles. The van der Waals surface area contributed by atoms with Crippen molar-refractivity contribution in [3.05, 3.63) is 0 Å². The number of aliphatic hydroxyl groups is 2. The lowest BCUT2D eigenvalue weighted by molar-refractivity contribution is 0.159. The number of primary amides is 1. The van der Waals surface area contributed by atoms with Crippen LogP contribution in [0.5, 0.6) is 0 Å². The van der Waals surface area contributed by atoms with Gasteiger partial charge >= 0.3 is 12.1 Å². The highest BCUT2D eigenvalue weighted by atomic mass is 16.3. The zero-order chi connectivity index (χ0) is 10.3. The average molecular weight is 191 g/mol. The van der Waals surface area contributed by atoms with E-state index in [9.17, 15) is 9.59 Å². The molecular weight excluding hydrogens is 178 g/mol. The van der Waals surface area contributed by atoms with Crippen LogP contribution in [-0.4, -0.2) is 53.5 Å². The smallest absolute Gasteiger partial charge is 0.325 e. The van der Waals surface area contributed by atoms with E-state index in [0.29, 0.717) is 0 Å². The highest BCUT2D eigenvalue weighted by Crippen LogP contribution is 1.87. The predicted octanol–water partition coefficient (Wildman–Crippen LogP) is -1.94. The number of aliphatic hydroxyl groups excluding tert-OH is 2. The molecule has 0 aromatic carbocycles. The van der Waals surface area contributed by atoms with Crippen LogP contribution in [-0.2, 0) is 0 Å². The van der Waals surface area contributed by atoms with Crippen LogP contribution in [0.2, 0.25) is 0 Å². The third kappa shape index (κ3) is 4.99. The molecule has 0 atom stereocenters. The molecule has 0 aromatic rings. The fourth-order valence-corrected chi connectivity index (χ4v) is 0.741. The van der Waals surface area contributed by atoms with E-state index in [2.05, 4.69) is 0 Å². The molecule has 7 heteroatoms. The SMILES string of the molecule is NC(=O)NC(=O)N(CCO)CCO. The van der Waals surface area contributed by atoms with Gasteiger partial charge in [-0.1, -0.05) is 0 Å². The molecule has 0 saturated carbocycles. The Morgan fingerprint density at radius 1 is 1.23 bits per heavy atom. The standard InChI is InChI=1S/C6H13N3O4/c7-5(12)8-6(13)9(1-3-10)2-4-11/h10-11H,1-4H2,(H3,7,8,12,13). The Hall–Kier alpha value is -1.34. The van der Waals surface area contributed by atoms with Gasteiger partial charge < -0.3 is 20.8 Å². The van der Waals surface area contributed by atoms with Crippen molar-refractivity contribution in [2.75, 3.05) is 26.3 Å². The van der Waals surface area contributed by atoms with Crippen molar-refractivity contribution in [2.24, 2.45) is 5.73 Å². The van der Waals surface area contributed by atoms with Crippen LogP contribution in [0.4, 0.5) is 9.59 Å². The van der Waals surface area contributed by atoms with Crippen molar-refractivity contribution < 1.29 is 19.8 Å². The molecule has 0 fully saturated rings. The maximum Gasteiger partial charge on any atom is 0.325 e. The van der Waals surface area contributed by atoms with E-state index < -0.39 is 12.1 Å². The first-order valence-corrected chi connectivity index (χ1v) is 3.69. The molecule has 0 aliphatic carbocycles. The number of urea groups is 2. The summed E-state index contributed by atoms with van der Waals surface area (Å²) in [6.07, 6.45) is 0. The number of amides is 4. The number of carbonyl (C=O) groups excluding carboxylic acids is 2. The van der Waals surface area contributed by atoms with E-state index in [4.69, 9.17) is 15.9 Å². The molecule has 0 radical (unpaired) electrons. The minimum absolute atomic E-state index is 0.0413. The summed E-state index contributed by atoms with van der Waals surface area (Å²) in [6, 6.07) is -1.69. The second-order valence-electron chi connectivity index (χ2n) is 2.23. The predicted molar refractivity (Wildman–Crippen MR) is 43.9 cm³/mol. The molecule has 0 rings (SSSR count). The molecule has 0 aliphatic heterocycles. The van der Waals surface area contributed by atoms with Crippen LogP contribution in [0.3, 0.4) is 0 Å². The Kier molecular flexibility index (Phi) is 5.57. The number of rotatable bonds is 4. The van der Waals surface area contributed by atoms with Crippen molar-refractivity contribution in [2.45, 2.75) is 0 Å². The summed E-state index contributed by atoms with van der Waals surface area (Å²) >= 11 is 0. The van der Waals surface area contributed by atoms with Crippen LogP contribution < -0.4 is 11.1 Å². The van der Waals surface area contributed by atoms with Gasteiger partial charge in [0.1, 0.15) is 0 Å². The van der Waals surface area contributed by atoms with Gasteiger partial charge in [0.05, 0.1) is 13.2 Å². The summed E-state index contributed by atoms with van der Waals surface area (Å²) in [5.41, 5.74) is 4.70. The molecule has 0 spiro atoms. The maximum atomic E-state index is 11.0. The molecule has 0 aliphatic rings. The lowest BCUT2D eigenvalue weighted by Crippen LogP contribution is -2.47. The number of nitrogens with zero attached hydrogens (tertiary/aromatic N) is 1. The van der Waals surface area contributed by atoms with E-state index in [1.54, 1.807) is 0 Å². The number of nitrogens with one attached hydrogen (secondary N) is 1. The molecule has 7 nitrogen and oxygen atoms in total. The van der Waals surface area contributed by atoms with Crippen molar-refractivity contribution in [1.29, 1.82) is 0 Å². The monoisotopic (exact) mass is 191 g/mol. The van der Waals surface area contributed by atoms with Gasteiger partial charge in [0.2, 0.25) is 0 Å². The molecular formula is C6H13N3O4. The summed E-state index contributed by atoms with van der Waals surface area (Å²) < 4.78 is 0. The number of nitrogens with two attached hydrogens (primary N) is 1. The summed E-state index contributed by atoms with van der Waals surface area (Å²) in [5.74, 6) is 0. The lowest BCUT2D eigenvalue weighted by Gasteiger charge is -2.19. The van der Waals surface area contributed by atoms with Crippen molar-refractivity contribution in [1.82, 2.24) is 10.2 Å². The maximum absolute atomic E-state index is 11.0. The Morgan fingerprint density at radius 3 is 2.00 bits per heavy atom. The van der Waals surface area contributed by atoms with E-state index in [-0.39, 0.29) is 26.3 Å². The largest absolute Gasteiger partial charge is 0.395 e. The Balaban J connectivity index is 4.02. The summed E-state index contributed by atoms with van der Waals surface area (Å²) in [4.78, 5) is 22.4. The van der Waals surface area contributed by atoms with Gasteiger partial charge in [0, 0.05) is 13.1 Å². The molecule has 76 valence electrons. The third-order valence-corrected chi connectivity index (χ3v) is 1.26. The highest BCUT2D eigenvalue weighted by Gasteiger charge is 2.12. The van der Waals surface area contributed by atoms with Crippen LogP contribution in [0.15, 0.2) is 0 Å².